The van der Waals surface area contributed by atoms with Gasteiger partial charge in [-0.2, -0.15) is 0 Å². The minimum absolute atomic E-state index is 0.0184. The molecular formula is C16H18N2O3. The summed E-state index contributed by atoms with van der Waals surface area (Å²) < 4.78 is 5.57. The molecule has 0 aliphatic heterocycles. The number of ether oxygens (including phenoxy) is 1. The normalized spacial score (nSPS) is 11.2. The smallest absolute Gasteiger partial charge is 0.338 e. The van der Waals surface area contributed by atoms with Gasteiger partial charge in [0.25, 0.3) is 0 Å². The number of aromatic nitrogens is 1. The Balaban J connectivity index is 2.27. The second kappa shape index (κ2) is 5.44. The van der Waals surface area contributed by atoms with Crippen LogP contribution in [0.4, 0.5) is 5.69 Å². The standard InChI is InChI=1S/C16H18N2O3/c1-16(2,3)10-4-6-11(7-5-10)21-14-13(17)12(15(19)20)8-9-18-14/h4-9H,17H2,1-3H3,(H,19,20). The number of rotatable bonds is 3. The van der Waals surface area contributed by atoms with Crippen LogP contribution in [0.25, 0.3) is 0 Å². The van der Waals surface area contributed by atoms with Crippen molar-refractivity contribution in [1.29, 1.82) is 0 Å². The van der Waals surface area contributed by atoms with Gasteiger partial charge in [0.2, 0.25) is 5.88 Å². The van der Waals surface area contributed by atoms with Crippen LogP contribution in [-0.2, 0) is 5.41 Å². The van der Waals surface area contributed by atoms with Gasteiger partial charge in [-0.15, -0.1) is 0 Å². The van der Waals surface area contributed by atoms with Gasteiger partial charge in [0.1, 0.15) is 11.4 Å². The maximum atomic E-state index is 11.0. The molecule has 1 heterocycles. The van der Waals surface area contributed by atoms with Crippen LogP contribution in [0.1, 0.15) is 36.7 Å². The summed E-state index contributed by atoms with van der Waals surface area (Å²) in [6.45, 7) is 6.37. The van der Waals surface area contributed by atoms with Gasteiger partial charge in [0, 0.05) is 6.20 Å². The maximum absolute atomic E-state index is 11.0. The molecule has 0 amide bonds. The first-order valence-corrected chi connectivity index (χ1v) is 6.55. The Morgan fingerprint density at radius 2 is 1.81 bits per heavy atom. The number of hydrogen-bond donors (Lipinski definition) is 2. The van der Waals surface area contributed by atoms with Crippen molar-refractivity contribution in [2.45, 2.75) is 26.2 Å². The van der Waals surface area contributed by atoms with Crippen LogP contribution >= 0.6 is 0 Å². The summed E-state index contributed by atoms with van der Waals surface area (Å²) in [6.07, 6.45) is 1.36. The highest BCUT2D eigenvalue weighted by Crippen LogP contribution is 2.29. The van der Waals surface area contributed by atoms with E-state index in [4.69, 9.17) is 15.6 Å². The van der Waals surface area contributed by atoms with Crippen molar-refractivity contribution in [2.75, 3.05) is 5.73 Å². The highest BCUT2D eigenvalue weighted by atomic mass is 16.5. The average molecular weight is 286 g/mol. The monoisotopic (exact) mass is 286 g/mol. The Morgan fingerprint density at radius 3 is 2.33 bits per heavy atom. The predicted molar refractivity (Wildman–Crippen MR) is 80.8 cm³/mol. The third-order valence-corrected chi connectivity index (χ3v) is 3.12. The van der Waals surface area contributed by atoms with E-state index in [2.05, 4.69) is 25.8 Å². The molecule has 0 aliphatic carbocycles. The van der Waals surface area contributed by atoms with Gasteiger partial charge in [0.15, 0.2) is 0 Å². The van der Waals surface area contributed by atoms with Gasteiger partial charge in [-0.25, -0.2) is 9.78 Å². The van der Waals surface area contributed by atoms with Gasteiger partial charge in [-0.05, 0) is 29.2 Å². The molecule has 0 unspecified atom stereocenters. The van der Waals surface area contributed by atoms with E-state index in [1.54, 1.807) is 0 Å². The second-order valence-electron chi connectivity index (χ2n) is 5.76. The zero-order valence-electron chi connectivity index (χ0n) is 12.3. The summed E-state index contributed by atoms with van der Waals surface area (Å²) >= 11 is 0. The Labute approximate surface area is 123 Å². The molecular weight excluding hydrogens is 268 g/mol. The Hall–Kier alpha value is -2.56. The molecule has 110 valence electrons. The summed E-state index contributed by atoms with van der Waals surface area (Å²) in [5.74, 6) is -0.453. The predicted octanol–water partition coefficient (Wildman–Crippen LogP) is 3.45. The number of nitrogens with zero attached hydrogens (tertiary/aromatic N) is 1. The summed E-state index contributed by atoms with van der Waals surface area (Å²) in [4.78, 5) is 15.0. The first-order valence-electron chi connectivity index (χ1n) is 6.55. The lowest BCUT2D eigenvalue weighted by Crippen LogP contribution is -2.10. The fourth-order valence-electron chi connectivity index (χ4n) is 1.86. The van der Waals surface area contributed by atoms with E-state index in [9.17, 15) is 4.79 Å². The van der Waals surface area contributed by atoms with Crippen molar-refractivity contribution in [3.05, 3.63) is 47.7 Å². The van der Waals surface area contributed by atoms with Crippen molar-refractivity contribution in [1.82, 2.24) is 4.98 Å². The highest BCUT2D eigenvalue weighted by Gasteiger charge is 2.15. The first kappa shape index (κ1) is 14.8. The van der Waals surface area contributed by atoms with Crippen molar-refractivity contribution in [2.24, 2.45) is 0 Å². The third kappa shape index (κ3) is 3.31. The van der Waals surface area contributed by atoms with Crippen LogP contribution in [-0.4, -0.2) is 16.1 Å². The van der Waals surface area contributed by atoms with Crippen LogP contribution in [0.2, 0.25) is 0 Å². The van der Waals surface area contributed by atoms with Gasteiger partial charge in [0.05, 0.1) is 5.56 Å². The SMILES string of the molecule is CC(C)(C)c1ccc(Oc2nccc(C(=O)O)c2N)cc1. The van der Waals surface area contributed by atoms with Crippen LogP contribution in [0.3, 0.4) is 0 Å². The molecule has 21 heavy (non-hydrogen) atoms. The van der Waals surface area contributed by atoms with Gasteiger partial charge >= 0.3 is 5.97 Å². The first-order chi connectivity index (χ1) is 9.79. The zero-order valence-corrected chi connectivity index (χ0v) is 12.3. The van der Waals surface area contributed by atoms with Crippen LogP contribution in [0.15, 0.2) is 36.5 Å². The van der Waals surface area contributed by atoms with Crippen molar-refractivity contribution < 1.29 is 14.6 Å². The minimum atomic E-state index is -1.11. The number of carbonyl (C=O) groups is 1. The number of aromatic carboxylic acids is 1. The molecule has 2 rings (SSSR count). The molecule has 0 bridgehead atoms. The van der Waals surface area contributed by atoms with Crippen molar-refractivity contribution in [3.8, 4) is 11.6 Å². The lowest BCUT2D eigenvalue weighted by molar-refractivity contribution is 0.0697. The molecule has 0 radical (unpaired) electrons. The van der Waals surface area contributed by atoms with E-state index < -0.39 is 5.97 Å². The van der Waals surface area contributed by atoms with E-state index in [0.717, 1.165) is 0 Å². The van der Waals surface area contributed by atoms with Crippen LogP contribution < -0.4 is 10.5 Å². The molecule has 0 aliphatic rings. The topological polar surface area (TPSA) is 85.4 Å². The molecule has 5 nitrogen and oxygen atoms in total. The number of pyridine rings is 1. The molecule has 0 fully saturated rings. The van der Waals surface area contributed by atoms with Gasteiger partial charge in [-0.3, -0.25) is 0 Å². The lowest BCUT2D eigenvalue weighted by atomic mass is 9.87. The van der Waals surface area contributed by atoms with Gasteiger partial charge < -0.3 is 15.6 Å². The molecule has 3 N–H and O–H groups in total. The highest BCUT2D eigenvalue weighted by molar-refractivity contribution is 5.94. The average Bonchev–Trinajstić information content (AvgIpc) is 2.40. The fraction of sp³-hybridized carbons (Fsp3) is 0.250. The Morgan fingerprint density at radius 1 is 1.19 bits per heavy atom. The molecule has 0 saturated heterocycles. The quantitative estimate of drug-likeness (QED) is 0.902. The molecule has 0 atom stereocenters. The Kier molecular flexibility index (Phi) is 3.84. The number of nitrogens with two attached hydrogens (primary N) is 1. The van der Waals surface area contributed by atoms with Crippen molar-refractivity contribution >= 4 is 11.7 Å². The summed E-state index contributed by atoms with van der Waals surface area (Å²) in [6, 6.07) is 8.90. The van der Waals surface area contributed by atoms with E-state index in [1.807, 2.05) is 24.3 Å². The van der Waals surface area contributed by atoms with E-state index in [0.29, 0.717) is 5.75 Å². The molecule has 1 aromatic carbocycles. The van der Waals surface area contributed by atoms with Crippen LogP contribution in [0.5, 0.6) is 11.6 Å². The minimum Gasteiger partial charge on any atom is -0.478 e. The molecule has 0 saturated carbocycles. The molecule has 1 aromatic heterocycles. The second-order valence-corrected chi connectivity index (χ2v) is 5.76. The van der Waals surface area contributed by atoms with Crippen LogP contribution in [0, 0.1) is 0 Å². The summed E-state index contributed by atoms with van der Waals surface area (Å²) in [5, 5.41) is 9.02. The molecule has 0 spiro atoms. The number of hydrogen-bond acceptors (Lipinski definition) is 4. The number of carboxylic acid groups (broad SMARTS) is 1. The van der Waals surface area contributed by atoms with E-state index >= 15 is 0 Å². The van der Waals surface area contributed by atoms with E-state index in [-0.39, 0.29) is 22.5 Å². The number of anilines is 1. The fourth-order valence-corrected chi connectivity index (χ4v) is 1.86. The summed E-state index contributed by atoms with van der Waals surface area (Å²) in [5.41, 5.74) is 6.99. The molecule has 2 aromatic rings. The third-order valence-electron chi connectivity index (χ3n) is 3.12. The van der Waals surface area contributed by atoms with E-state index in [1.165, 1.54) is 17.8 Å². The zero-order chi connectivity index (χ0) is 15.6. The summed E-state index contributed by atoms with van der Waals surface area (Å²) in [7, 11) is 0. The number of carboxylic acids is 1. The lowest BCUT2D eigenvalue weighted by Gasteiger charge is -2.19. The van der Waals surface area contributed by atoms with Gasteiger partial charge in [-0.1, -0.05) is 32.9 Å². The Bertz CT molecular complexity index is 658. The van der Waals surface area contributed by atoms with Crippen molar-refractivity contribution in [3.63, 3.8) is 0 Å². The largest absolute Gasteiger partial charge is 0.478 e. The number of benzene rings is 1. The maximum Gasteiger partial charge on any atom is 0.338 e. The molecule has 5 heteroatoms. The number of nitrogen functional groups attached to an aromatic ring is 1.